The molecule has 0 aliphatic carbocycles. The van der Waals surface area contributed by atoms with E-state index in [0.717, 1.165) is 25.1 Å². The van der Waals surface area contributed by atoms with Gasteiger partial charge in [-0.2, -0.15) is 0 Å². The van der Waals surface area contributed by atoms with Gasteiger partial charge in [-0.05, 0) is 18.9 Å². The van der Waals surface area contributed by atoms with Gasteiger partial charge in [0.2, 0.25) is 0 Å². The standard InChI is InChI=1S/C11H17NO3/c13-6-2-1-5-12-10-4-3-9(8-14)11(15)7-10/h3-4,7,12-15H,1-2,5-6,8H2. The maximum absolute atomic E-state index is 9.45. The SMILES string of the molecule is OCCCCNc1ccc(CO)c(O)c1. The number of phenols is 1. The molecule has 84 valence electrons. The second-order valence-corrected chi connectivity index (χ2v) is 3.36. The zero-order valence-corrected chi connectivity index (χ0v) is 8.61. The number of rotatable bonds is 6. The molecule has 0 saturated heterocycles. The Morgan fingerprint density at radius 3 is 2.53 bits per heavy atom. The molecule has 0 amide bonds. The highest BCUT2D eigenvalue weighted by molar-refractivity contribution is 5.51. The molecule has 1 aromatic rings. The molecule has 0 aromatic heterocycles. The Hall–Kier alpha value is -1.26. The molecule has 0 unspecified atom stereocenters. The van der Waals surface area contributed by atoms with Gasteiger partial charge in [0.1, 0.15) is 5.75 Å². The van der Waals surface area contributed by atoms with Crippen LogP contribution in [0, 0.1) is 0 Å². The van der Waals surface area contributed by atoms with Crippen molar-refractivity contribution in [1.82, 2.24) is 0 Å². The van der Waals surface area contributed by atoms with E-state index in [1.54, 1.807) is 12.1 Å². The number of anilines is 1. The number of aliphatic hydroxyl groups excluding tert-OH is 2. The normalized spacial score (nSPS) is 10.3. The average Bonchev–Trinajstić information content (AvgIpc) is 2.25. The average molecular weight is 211 g/mol. The monoisotopic (exact) mass is 211 g/mol. The van der Waals surface area contributed by atoms with Gasteiger partial charge in [-0.25, -0.2) is 0 Å². The van der Waals surface area contributed by atoms with Crippen molar-refractivity contribution in [1.29, 1.82) is 0 Å². The summed E-state index contributed by atoms with van der Waals surface area (Å²) in [5.74, 6) is 0.102. The molecule has 15 heavy (non-hydrogen) atoms. The van der Waals surface area contributed by atoms with Crippen LogP contribution in [0.4, 0.5) is 5.69 Å². The van der Waals surface area contributed by atoms with Crippen molar-refractivity contribution in [3.63, 3.8) is 0 Å². The van der Waals surface area contributed by atoms with Gasteiger partial charge >= 0.3 is 0 Å². The number of aromatic hydroxyl groups is 1. The van der Waals surface area contributed by atoms with Gasteiger partial charge in [-0.3, -0.25) is 0 Å². The predicted octanol–water partition coefficient (Wildman–Crippen LogP) is 1.07. The van der Waals surface area contributed by atoms with Crippen molar-refractivity contribution in [3.05, 3.63) is 23.8 Å². The quantitative estimate of drug-likeness (QED) is 0.531. The Labute approximate surface area is 89.2 Å². The summed E-state index contributed by atoms with van der Waals surface area (Å²) in [5, 5.41) is 30.0. The first kappa shape index (κ1) is 11.8. The minimum atomic E-state index is -0.156. The van der Waals surface area contributed by atoms with Crippen LogP contribution in [0.3, 0.4) is 0 Å². The molecule has 0 saturated carbocycles. The first-order chi connectivity index (χ1) is 7.27. The van der Waals surface area contributed by atoms with Crippen molar-refractivity contribution in [3.8, 4) is 5.75 Å². The first-order valence-corrected chi connectivity index (χ1v) is 5.05. The van der Waals surface area contributed by atoms with Crippen LogP contribution in [0.2, 0.25) is 0 Å². The topological polar surface area (TPSA) is 72.7 Å². The molecule has 0 spiro atoms. The molecule has 4 N–H and O–H groups in total. The highest BCUT2D eigenvalue weighted by Crippen LogP contribution is 2.21. The third-order valence-corrected chi connectivity index (χ3v) is 2.17. The van der Waals surface area contributed by atoms with E-state index in [1.165, 1.54) is 0 Å². The minimum absolute atomic E-state index is 0.102. The van der Waals surface area contributed by atoms with E-state index in [-0.39, 0.29) is 19.0 Å². The largest absolute Gasteiger partial charge is 0.508 e. The molecule has 0 aliphatic heterocycles. The van der Waals surface area contributed by atoms with Crippen LogP contribution in [-0.4, -0.2) is 28.5 Å². The van der Waals surface area contributed by atoms with E-state index in [1.807, 2.05) is 6.07 Å². The summed E-state index contributed by atoms with van der Waals surface area (Å²) in [5.41, 5.74) is 1.35. The molecular weight excluding hydrogens is 194 g/mol. The van der Waals surface area contributed by atoms with Gasteiger partial charge in [-0.1, -0.05) is 6.07 Å². The number of nitrogens with one attached hydrogen (secondary N) is 1. The van der Waals surface area contributed by atoms with Gasteiger partial charge in [0.05, 0.1) is 6.61 Å². The lowest BCUT2D eigenvalue weighted by molar-refractivity contribution is 0.275. The number of aliphatic hydroxyl groups is 2. The summed E-state index contributed by atoms with van der Waals surface area (Å²) < 4.78 is 0. The summed E-state index contributed by atoms with van der Waals surface area (Å²) in [6.07, 6.45) is 1.66. The maximum Gasteiger partial charge on any atom is 0.123 e. The van der Waals surface area contributed by atoms with Crippen LogP contribution in [0.5, 0.6) is 5.75 Å². The second-order valence-electron chi connectivity index (χ2n) is 3.36. The smallest absolute Gasteiger partial charge is 0.123 e. The zero-order valence-electron chi connectivity index (χ0n) is 8.61. The highest BCUT2D eigenvalue weighted by Gasteiger charge is 2.00. The highest BCUT2D eigenvalue weighted by atomic mass is 16.3. The summed E-state index contributed by atoms with van der Waals surface area (Å²) >= 11 is 0. The van der Waals surface area contributed by atoms with Crippen LogP contribution in [0.25, 0.3) is 0 Å². The summed E-state index contributed by atoms with van der Waals surface area (Å²) in [4.78, 5) is 0. The van der Waals surface area contributed by atoms with Crippen LogP contribution < -0.4 is 5.32 Å². The molecule has 0 atom stereocenters. The molecule has 0 heterocycles. The van der Waals surface area contributed by atoms with Gasteiger partial charge in [0, 0.05) is 30.5 Å². The van der Waals surface area contributed by atoms with Crippen molar-refractivity contribution in [2.24, 2.45) is 0 Å². The number of hydrogen-bond acceptors (Lipinski definition) is 4. The fourth-order valence-corrected chi connectivity index (χ4v) is 1.28. The van der Waals surface area contributed by atoms with Crippen LogP contribution in [-0.2, 0) is 6.61 Å². The lowest BCUT2D eigenvalue weighted by atomic mass is 10.2. The molecular formula is C11H17NO3. The predicted molar refractivity (Wildman–Crippen MR) is 58.8 cm³/mol. The number of hydrogen-bond donors (Lipinski definition) is 4. The van der Waals surface area contributed by atoms with Crippen molar-refractivity contribution >= 4 is 5.69 Å². The Kier molecular flexibility index (Phi) is 4.93. The molecule has 4 nitrogen and oxygen atoms in total. The van der Waals surface area contributed by atoms with Crippen molar-refractivity contribution < 1.29 is 15.3 Å². The molecule has 1 aromatic carbocycles. The molecule has 0 radical (unpaired) electrons. The third kappa shape index (κ3) is 3.77. The maximum atomic E-state index is 9.45. The summed E-state index contributed by atoms with van der Waals surface area (Å²) in [7, 11) is 0. The number of benzene rings is 1. The van der Waals surface area contributed by atoms with E-state index >= 15 is 0 Å². The summed E-state index contributed by atoms with van der Waals surface area (Å²) in [6, 6.07) is 5.08. The molecule has 1 rings (SSSR count). The minimum Gasteiger partial charge on any atom is -0.508 e. The van der Waals surface area contributed by atoms with E-state index in [0.29, 0.717) is 5.56 Å². The lowest BCUT2D eigenvalue weighted by Crippen LogP contribution is -2.02. The van der Waals surface area contributed by atoms with Crippen molar-refractivity contribution in [2.75, 3.05) is 18.5 Å². The molecule has 0 aliphatic rings. The van der Waals surface area contributed by atoms with Gasteiger partial charge in [-0.15, -0.1) is 0 Å². The Morgan fingerprint density at radius 1 is 1.13 bits per heavy atom. The summed E-state index contributed by atoms with van der Waals surface area (Å²) in [6.45, 7) is 0.811. The Bertz CT molecular complexity index is 302. The fraction of sp³-hybridized carbons (Fsp3) is 0.455. The van der Waals surface area contributed by atoms with Crippen LogP contribution in [0.15, 0.2) is 18.2 Å². The Morgan fingerprint density at radius 2 is 1.93 bits per heavy atom. The fourth-order valence-electron chi connectivity index (χ4n) is 1.28. The van der Waals surface area contributed by atoms with Gasteiger partial charge in [0.25, 0.3) is 0 Å². The lowest BCUT2D eigenvalue weighted by Gasteiger charge is -2.08. The first-order valence-electron chi connectivity index (χ1n) is 5.05. The molecule has 0 bridgehead atoms. The van der Waals surface area contributed by atoms with E-state index in [9.17, 15) is 5.11 Å². The number of unbranched alkanes of at least 4 members (excludes halogenated alkanes) is 1. The van der Waals surface area contributed by atoms with E-state index in [4.69, 9.17) is 10.2 Å². The van der Waals surface area contributed by atoms with E-state index in [2.05, 4.69) is 5.32 Å². The van der Waals surface area contributed by atoms with Crippen LogP contribution in [0.1, 0.15) is 18.4 Å². The van der Waals surface area contributed by atoms with E-state index < -0.39 is 0 Å². The van der Waals surface area contributed by atoms with Crippen molar-refractivity contribution in [2.45, 2.75) is 19.4 Å². The van der Waals surface area contributed by atoms with Crippen LogP contribution >= 0.6 is 0 Å². The zero-order chi connectivity index (χ0) is 11.1. The molecule has 0 fully saturated rings. The molecule has 4 heteroatoms. The van der Waals surface area contributed by atoms with Gasteiger partial charge in [0.15, 0.2) is 0 Å². The second kappa shape index (κ2) is 6.27. The van der Waals surface area contributed by atoms with Gasteiger partial charge < -0.3 is 20.6 Å². The Balaban J connectivity index is 2.45. The third-order valence-electron chi connectivity index (χ3n) is 2.17.